The monoisotopic (exact) mass is 375 g/mol. The Bertz CT molecular complexity index is 595. The minimum Gasteiger partial charge on any atom is -0.492 e. The van der Waals surface area contributed by atoms with E-state index in [1.54, 1.807) is 23.1 Å². The maximum atomic E-state index is 11.9. The molecule has 1 unspecified atom stereocenters. The molecule has 1 amide bonds. The molecule has 2 aromatic rings. The van der Waals surface area contributed by atoms with Crippen molar-refractivity contribution in [2.45, 2.75) is 32.4 Å². The van der Waals surface area contributed by atoms with E-state index in [0.717, 1.165) is 6.42 Å². The SMILES string of the molecule is CCCC(N)C(=O)Nc1cccc(OCCn2cncn2)c1.Cl.Cl. The lowest BCUT2D eigenvalue weighted by Crippen LogP contribution is -2.35. The summed E-state index contributed by atoms with van der Waals surface area (Å²) in [4.78, 5) is 15.8. The molecule has 3 N–H and O–H groups in total. The van der Waals surface area contributed by atoms with Gasteiger partial charge in [0.05, 0.1) is 12.6 Å². The number of rotatable bonds is 8. The van der Waals surface area contributed by atoms with Crippen molar-refractivity contribution in [2.24, 2.45) is 5.73 Å². The summed E-state index contributed by atoms with van der Waals surface area (Å²) >= 11 is 0. The van der Waals surface area contributed by atoms with Gasteiger partial charge < -0.3 is 15.8 Å². The number of nitrogens with two attached hydrogens (primary N) is 1. The molecule has 0 fully saturated rings. The average Bonchev–Trinajstić information content (AvgIpc) is 3.01. The number of aromatic nitrogens is 3. The lowest BCUT2D eigenvalue weighted by atomic mass is 10.1. The molecule has 2 rings (SSSR count). The fourth-order valence-electron chi connectivity index (χ4n) is 1.95. The standard InChI is InChI=1S/C15H21N5O2.2ClH/c1-2-4-14(16)15(21)19-12-5-3-6-13(9-12)22-8-7-20-11-17-10-18-20;;/h3,5-6,9-11,14H,2,4,7-8,16H2,1H3,(H,19,21);2*1H. The van der Waals surface area contributed by atoms with Crippen LogP contribution >= 0.6 is 24.8 Å². The quantitative estimate of drug-likeness (QED) is 0.737. The Kier molecular flexibility index (Phi) is 10.8. The topological polar surface area (TPSA) is 95.1 Å². The van der Waals surface area contributed by atoms with Crippen molar-refractivity contribution in [3.8, 4) is 5.75 Å². The van der Waals surface area contributed by atoms with Crippen LogP contribution in [0.25, 0.3) is 0 Å². The van der Waals surface area contributed by atoms with Gasteiger partial charge in [-0.3, -0.25) is 4.79 Å². The van der Waals surface area contributed by atoms with Gasteiger partial charge in [-0.2, -0.15) is 5.10 Å². The van der Waals surface area contributed by atoms with Gasteiger partial charge in [0, 0.05) is 11.8 Å². The number of nitrogens with zero attached hydrogens (tertiary/aromatic N) is 3. The second-order valence-electron chi connectivity index (χ2n) is 4.92. The Hall–Kier alpha value is -1.83. The predicted octanol–water partition coefficient (Wildman–Crippen LogP) is 2.27. The lowest BCUT2D eigenvalue weighted by Gasteiger charge is -2.12. The number of hydrogen-bond acceptors (Lipinski definition) is 5. The first-order valence-corrected chi connectivity index (χ1v) is 7.30. The maximum absolute atomic E-state index is 11.9. The Morgan fingerprint density at radius 2 is 2.21 bits per heavy atom. The molecule has 1 aromatic heterocycles. The molecule has 1 aromatic carbocycles. The van der Waals surface area contributed by atoms with E-state index in [9.17, 15) is 4.79 Å². The Balaban J connectivity index is 0.00000264. The highest BCUT2D eigenvalue weighted by molar-refractivity contribution is 5.94. The van der Waals surface area contributed by atoms with Crippen LogP contribution in [0.1, 0.15) is 19.8 Å². The normalized spacial score (nSPS) is 10.9. The average molecular weight is 376 g/mol. The van der Waals surface area contributed by atoms with Crippen LogP contribution in [0.5, 0.6) is 5.75 Å². The molecule has 0 saturated heterocycles. The molecule has 0 saturated carbocycles. The first kappa shape index (κ1) is 22.2. The van der Waals surface area contributed by atoms with E-state index in [1.807, 2.05) is 19.1 Å². The summed E-state index contributed by atoms with van der Waals surface area (Å²) in [5, 5.41) is 6.80. The van der Waals surface area contributed by atoms with Gasteiger partial charge in [-0.15, -0.1) is 24.8 Å². The van der Waals surface area contributed by atoms with Crippen molar-refractivity contribution in [1.29, 1.82) is 0 Å². The van der Waals surface area contributed by atoms with Crippen LogP contribution in [-0.4, -0.2) is 33.3 Å². The fraction of sp³-hybridized carbons (Fsp3) is 0.400. The van der Waals surface area contributed by atoms with Gasteiger partial charge in [-0.05, 0) is 18.6 Å². The molecule has 1 atom stereocenters. The van der Waals surface area contributed by atoms with E-state index in [-0.39, 0.29) is 30.7 Å². The van der Waals surface area contributed by atoms with Crippen molar-refractivity contribution in [3.63, 3.8) is 0 Å². The van der Waals surface area contributed by atoms with Crippen molar-refractivity contribution < 1.29 is 9.53 Å². The molecule has 0 bridgehead atoms. The zero-order chi connectivity index (χ0) is 15.8. The third-order valence-corrected chi connectivity index (χ3v) is 3.09. The minimum absolute atomic E-state index is 0. The van der Waals surface area contributed by atoms with Crippen molar-refractivity contribution in [2.75, 3.05) is 11.9 Å². The van der Waals surface area contributed by atoms with Gasteiger partial charge in [0.2, 0.25) is 5.91 Å². The van der Waals surface area contributed by atoms with Crippen LogP contribution in [0.4, 0.5) is 5.69 Å². The molecule has 0 aliphatic rings. The second kappa shape index (κ2) is 11.7. The van der Waals surface area contributed by atoms with Crippen LogP contribution in [0.2, 0.25) is 0 Å². The highest BCUT2D eigenvalue weighted by atomic mass is 35.5. The van der Waals surface area contributed by atoms with E-state index in [1.165, 1.54) is 6.33 Å². The summed E-state index contributed by atoms with van der Waals surface area (Å²) in [6.45, 7) is 3.07. The van der Waals surface area contributed by atoms with Crippen molar-refractivity contribution >= 4 is 36.4 Å². The van der Waals surface area contributed by atoms with Gasteiger partial charge in [-0.25, -0.2) is 9.67 Å². The zero-order valence-corrected chi connectivity index (χ0v) is 15.1. The summed E-state index contributed by atoms with van der Waals surface area (Å²) in [5.41, 5.74) is 6.46. The van der Waals surface area contributed by atoms with Gasteiger partial charge in [0.1, 0.15) is 25.0 Å². The molecular formula is C15H23Cl2N5O2. The maximum Gasteiger partial charge on any atom is 0.241 e. The number of amides is 1. The molecule has 0 spiro atoms. The predicted molar refractivity (Wildman–Crippen MR) is 98.0 cm³/mol. The van der Waals surface area contributed by atoms with Gasteiger partial charge in [0.25, 0.3) is 0 Å². The summed E-state index contributed by atoms with van der Waals surface area (Å²) in [7, 11) is 0. The Labute approximate surface area is 153 Å². The number of benzene rings is 1. The van der Waals surface area contributed by atoms with E-state index in [0.29, 0.717) is 31.0 Å². The fourth-order valence-corrected chi connectivity index (χ4v) is 1.95. The molecule has 24 heavy (non-hydrogen) atoms. The molecule has 9 heteroatoms. The van der Waals surface area contributed by atoms with Crippen LogP contribution in [0, 0.1) is 0 Å². The number of carbonyl (C=O) groups excluding carboxylic acids is 1. The first-order chi connectivity index (χ1) is 10.7. The highest BCUT2D eigenvalue weighted by Crippen LogP contribution is 2.17. The largest absolute Gasteiger partial charge is 0.492 e. The number of anilines is 1. The molecule has 7 nitrogen and oxygen atoms in total. The Morgan fingerprint density at radius 1 is 1.42 bits per heavy atom. The van der Waals surface area contributed by atoms with Crippen LogP contribution in [-0.2, 0) is 11.3 Å². The molecule has 0 aliphatic heterocycles. The highest BCUT2D eigenvalue weighted by Gasteiger charge is 2.12. The molecule has 0 aliphatic carbocycles. The van der Waals surface area contributed by atoms with Crippen LogP contribution < -0.4 is 15.8 Å². The van der Waals surface area contributed by atoms with E-state index in [2.05, 4.69) is 15.4 Å². The third kappa shape index (κ3) is 7.16. The third-order valence-electron chi connectivity index (χ3n) is 3.09. The number of hydrogen-bond donors (Lipinski definition) is 2. The van der Waals surface area contributed by atoms with Crippen molar-refractivity contribution in [1.82, 2.24) is 14.8 Å². The zero-order valence-electron chi connectivity index (χ0n) is 13.4. The Morgan fingerprint density at radius 3 is 2.88 bits per heavy atom. The number of nitrogens with one attached hydrogen (secondary N) is 1. The van der Waals surface area contributed by atoms with Crippen molar-refractivity contribution in [3.05, 3.63) is 36.9 Å². The second-order valence-corrected chi connectivity index (χ2v) is 4.92. The van der Waals surface area contributed by atoms with Crippen LogP contribution in [0.3, 0.4) is 0 Å². The summed E-state index contributed by atoms with van der Waals surface area (Å²) in [6.07, 6.45) is 4.66. The number of carbonyl (C=O) groups is 1. The summed E-state index contributed by atoms with van der Waals surface area (Å²) in [6, 6.07) is 6.76. The molecule has 0 radical (unpaired) electrons. The summed E-state index contributed by atoms with van der Waals surface area (Å²) < 4.78 is 7.33. The van der Waals surface area contributed by atoms with E-state index >= 15 is 0 Å². The van der Waals surface area contributed by atoms with E-state index < -0.39 is 6.04 Å². The van der Waals surface area contributed by atoms with Gasteiger partial charge in [-0.1, -0.05) is 19.4 Å². The first-order valence-electron chi connectivity index (χ1n) is 7.30. The summed E-state index contributed by atoms with van der Waals surface area (Å²) in [5.74, 6) is 0.503. The number of halogens is 2. The molecular weight excluding hydrogens is 353 g/mol. The van der Waals surface area contributed by atoms with Gasteiger partial charge in [0.15, 0.2) is 0 Å². The smallest absolute Gasteiger partial charge is 0.241 e. The van der Waals surface area contributed by atoms with E-state index in [4.69, 9.17) is 10.5 Å². The number of ether oxygens (including phenoxy) is 1. The lowest BCUT2D eigenvalue weighted by molar-refractivity contribution is -0.117. The minimum atomic E-state index is -0.484. The molecule has 134 valence electrons. The van der Waals surface area contributed by atoms with Crippen LogP contribution in [0.15, 0.2) is 36.9 Å². The van der Waals surface area contributed by atoms with Gasteiger partial charge >= 0.3 is 0 Å². The molecule has 1 heterocycles.